The summed E-state index contributed by atoms with van der Waals surface area (Å²) < 4.78 is 11.5. The molecule has 1 aliphatic carbocycles. The molecule has 0 bridgehead atoms. The highest BCUT2D eigenvalue weighted by atomic mass is 16.7. The monoisotopic (exact) mass is 284 g/mol. The lowest BCUT2D eigenvalue weighted by molar-refractivity contribution is -0.221. The lowest BCUT2D eigenvalue weighted by Crippen LogP contribution is -2.35. The van der Waals surface area contributed by atoms with Gasteiger partial charge in [-0.25, -0.2) is 0 Å². The van der Waals surface area contributed by atoms with Gasteiger partial charge in [0.1, 0.15) is 0 Å². The van der Waals surface area contributed by atoms with Crippen LogP contribution in [0.4, 0.5) is 0 Å². The van der Waals surface area contributed by atoms with Crippen LogP contribution in [0.5, 0.6) is 0 Å². The third-order valence-electron chi connectivity index (χ3n) is 4.98. The van der Waals surface area contributed by atoms with Crippen molar-refractivity contribution >= 4 is 0 Å². The number of hydrogen-bond acceptors (Lipinski definition) is 2. The minimum Gasteiger partial charge on any atom is -0.353 e. The minimum absolute atomic E-state index is 0.307. The number of ether oxygens (including phenoxy) is 2. The third-order valence-corrected chi connectivity index (χ3v) is 4.98. The Morgan fingerprint density at radius 2 is 1.40 bits per heavy atom. The molecule has 0 atom stereocenters. The van der Waals surface area contributed by atoms with Gasteiger partial charge < -0.3 is 9.47 Å². The van der Waals surface area contributed by atoms with Crippen LogP contribution in [0.2, 0.25) is 0 Å². The summed E-state index contributed by atoms with van der Waals surface area (Å²) in [6, 6.07) is 0. The van der Waals surface area contributed by atoms with Gasteiger partial charge >= 0.3 is 0 Å². The van der Waals surface area contributed by atoms with Crippen molar-refractivity contribution in [1.29, 1.82) is 0 Å². The maximum atomic E-state index is 5.77. The first-order chi connectivity index (χ1) is 9.76. The lowest BCUT2D eigenvalue weighted by Gasteiger charge is -2.33. The third kappa shape index (κ3) is 6.58. The first-order valence-corrected chi connectivity index (χ1v) is 8.86. The number of unbranched alkanes of at least 4 members (excludes halogenated alkanes) is 6. The summed E-state index contributed by atoms with van der Waals surface area (Å²) in [7, 11) is 3.64. The average molecular weight is 284 g/mol. The molecule has 1 fully saturated rings. The summed E-state index contributed by atoms with van der Waals surface area (Å²) in [6.07, 6.45) is 17.1. The quantitative estimate of drug-likeness (QED) is 0.338. The van der Waals surface area contributed by atoms with Crippen LogP contribution in [-0.2, 0) is 9.47 Å². The molecule has 0 aromatic heterocycles. The van der Waals surface area contributed by atoms with Crippen LogP contribution in [0.25, 0.3) is 0 Å². The Morgan fingerprint density at radius 3 is 1.95 bits per heavy atom. The molecular formula is C18H36O2. The number of hydrogen-bond donors (Lipinski definition) is 0. The van der Waals surface area contributed by atoms with Crippen LogP contribution < -0.4 is 0 Å². The van der Waals surface area contributed by atoms with E-state index in [1.807, 2.05) is 14.2 Å². The van der Waals surface area contributed by atoms with E-state index in [9.17, 15) is 0 Å². The van der Waals surface area contributed by atoms with Gasteiger partial charge in [-0.05, 0) is 12.3 Å². The van der Waals surface area contributed by atoms with Crippen molar-refractivity contribution in [2.45, 2.75) is 96.2 Å². The zero-order valence-electron chi connectivity index (χ0n) is 14.1. The fourth-order valence-corrected chi connectivity index (χ4v) is 3.56. The van der Waals surface area contributed by atoms with Crippen molar-refractivity contribution in [3.8, 4) is 0 Å². The van der Waals surface area contributed by atoms with E-state index in [-0.39, 0.29) is 5.79 Å². The maximum Gasteiger partial charge on any atom is 0.167 e. The topological polar surface area (TPSA) is 18.5 Å². The molecule has 0 unspecified atom stereocenters. The van der Waals surface area contributed by atoms with Crippen LogP contribution in [0.15, 0.2) is 0 Å². The Morgan fingerprint density at radius 1 is 0.850 bits per heavy atom. The Labute approximate surface area is 126 Å². The molecule has 0 aromatic carbocycles. The lowest BCUT2D eigenvalue weighted by atomic mass is 9.93. The standard InChI is InChI=1S/C18H36O2/c1-4-5-6-7-8-9-12-15-18(19-2,20-3)16-17-13-10-11-14-17/h17H,4-16H2,1-3H3. The van der Waals surface area contributed by atoms with E-state index in [4.69, 9.17) is 9.47 Å². The van der Waals surface area contributed by atoms with E-state index in [0.717, 1.165) is 18.8 Å². The molecule has 2 heteroatoms. The Hall–Kier alpha value is -0.0800. The van der Waals surface area contributed by atoms with E-state index in [2.05, 4.69) is 6.92 Å². The number of methoxy groups -OCH3 is 2. The summed E-state index contributed by atoms with van der Waals surface area (Å²) in [6.45, 7) is 2.27. The summed E-state index contributed by atoms with van der Waals surface area (Å²) >= 11 is 0. The molecule has 1 aliphatic rings. The van der Waals surface area contributed by atoms with Crippen LogP contribution >= 0.6 is 0 Å². The molecule has 0 radical (unpaired) electrons. The molecule has 0 spiro atoms. The SMILES string of the molecule is CCCCCCCCCC(CC1CCCC1)(OC)OC. The smallest absolute Gasteiger partial charge is 0.167 e. The molecule has 0 saturated heterocycles. The van der Waals surface area contributed by atoms with Crippen LogP contribution in [0.1, 0.15) is 90.4 Å². The van der Waals surface area contributed by atoms with Crippen molar-refractivity contribution in [3.05, 3.63) is 0 Å². The predicted octanol–water partition coefficient (Wildman–Crippen LogP) is 5.70. The van der Waals surface area contributed by atoms with Gasteiger partial charge in [0.15, 0.2) is 5.79 Å². The van der Waals surface area contributed by atoms with Gasteiger partial charge in [-0.15, -0.1) is 0 Å². The van der Waals surface area contributed by atoms with Gasteiger partial charge in [0, 0.05) is 27.1 Å². The zero-order valence-corrected chi connectivity index (χ0v) is 14.1. The highest BCUT2D eigenvalue weighted by Gasteiger charge is 2.33. The normalized spacial score (nSPS) is 16.9. The second-order valence-corrected chi connectivity index (χ2v) is 6.54. The predicted molar refractivity (Wildman–Crippen MR) is 85.9 cm³/mol. The summed E-state index contributed by atoms with van der Waals surface area (Å²) in [5.74, 6) is 0.512. The van der Waals surface area contributed by atoms with E-state index >= 15 is 0 Å². The highest BCUT2D eigenvalue weighted by Crippen LogP contribution is 2.36. The highest BCUT2D eigenvalue weighted by molar-refractivity contribution is 4.78. The summed E-state index contributed by atoms with van der Waals surface area (Å²) in [4.78, 5) is 0. The first kappa shape index (κ1) is 18.0. The molecule has 0 aromatic rings. The molecule has 20 heavy (non-hydrogen) atoms. The van der Waals surface area contributed by atoms with Crippen molar-refractivity contribution in [3.63, 3.8) is 0 Å². The molecule has 0 amide bonds. The molecule has 0 heterocycles. The first-order valence-electron chi connectivity index (χ1n) is 8.86. The second-order valence-electron chi connectivity index (χ2n) is 6.54. The van der Waals surface area contributed by atoms with Gasteiger partial charge in [0.25, 0.3) is 0 Å². The second kappa shape index (κ2) is 10.6. The minimum atomic E-state index is -0.307. The molecule has 0 aliphatic heterocycles. The summed E-state index contributed by atoms with van der Waals surface area (Å²) in [5, 5.41) is 0. The van der Waals surface area contributed by atoms with Gasteiger partial charge in [-0.3, -0.25) is 0 Å². The van der Waals surface area contributed by atoms with E-state index in [1.54, 1.807) is 0 Å². The molecule has 1 saturated carbocycles. The fraction of sp³-hybridized carbons (Fsp3) is 1.00. The van der Waals surface area contributed by atoms with Gasteiger partial charge in [0.2, 0.25) is 0 Å². The van der Waals surface area contributed by atoms with Crippen LogP contribution in [-0.4, -0.2) is 20.0 Å². The molecule has 2 nitrogen and oxygen atoms in total. The van der Waals surface area contributed by atoms with Crippen molar-refractivity contribution in [2.24, 2.45) is 5.92 Å². The summed E-state index contributed by atoms with van der Waals surface area (Å²) in [5.41, 5.74) is 0. The molecule has 1 rings (SSSR count). The van der Waals surface area contributed by atoms with Crippen molar-refractivity contribution < 1.29 is 9.47 Å². The van der Waals surface area contributed by atoms with Gasteiger partial charge in [-0.2, -0.15) is 0 Å². The molecule has 0 N–H and O–H groups in total. The van der Waals surface area contributed by atoms with E-state index in [1.165, 1.54) is 70.6 Å². The van der Waals surface area contributed by atoms with E-state index in [0.29, 0.717) is 0 Å². The number of rotatable bonds is 12. The van der Waals surface area contributed by atoms with Crippen molar-refractivity contribution in [1.82, 2.24) is 0 Å². The molecule has 120 valence electrons. The van der Waals surface area contributed by atoms with Crippen LogP contribution in [0, 0.1) is 5.92 Å². The Bertz CT molecular complexity index is 217. The maximum absolute atomic E-state index is 5.77. The van der Waals surface area contributed by atoms with Gasteiger partial charge in [0.05, 0.1) is 0 Å². The van der Waals surface area contributed by atoms with E-state index < -0.39 is 0 Å². The van der Waals surface area contributed by atoms with Crippen LogP contribution in [0.3, 0.4) is 0 Å². The van der Waals surface area contributed by atoms with Crippen molar-refractivity contribution in [2.75, 3.05) is 14.2 Å². The van der Waals surface area contributed by atoms with Gasteiger partial charge in [-0.1, -0.05) is 71.1 Å². The fourth-order valence-electron chi connectivity index (χ4n) is 3.56. The zero-order chi connectivity index (χ0) is 14.7. The average Bonchev–Trinajstić information content (AvgIpc) is 2.98. The Balaban J connectivity index is 2.19. The molecular weight excluding hydrogens is 248 g/mol. The largest absolute Gasteiger partial charge is 0.353 e. The Kier molecular flexibility index (Phi) is 9.54.